The number of benzene rings is 4. The first-order valence-corrected chi connectivity index (χ1v) is 14.5. The molecule has 4 aromatic rings. The van der Waals surface area contributed by atoms with Crippen molar-refractivity contribution >= 4 is 10.8 Å². The van der Waals surface area contributed by atoms with Gasteiger partial charge in [0.2, 0.25) is 0 Å². The fourth-order valence-electron chi connectivity index (χ4n) is 4.66. The minimum Gasteiger partial charge on any atom is -0.374 e. The third-order valence-corrected chi connectivity index (χ3v) is 8.20. The molecule has 1 aliphatic heterocycles. The van der Waals surface area contributed by atoms with Crippen molar-refractivity contribution in [2.45, 2.75) is 54.9 Å². The lowest BCUT2D eigenvalue weighted by molar-refractivity contribution is -0.205. The van der Waals surface area contributed by atoms with Crippen molar-refractivity contribution in [1.82, 2.24) is 0 Å². The predicted molar refractivity (Wildman–Crippen MR) is 152 cm³/mol. The van der Waals surface area contributed by atoms with Gasteiger partial charge in [0.25, 0.3) is 0 Å². The first-order valence-electron chi connectivity index (χ1n) is 13.3. The highest BCUT2D eigenvalue weighted by atomic mass is 32.2. The molecule has 1 unspecified atom stereocenters. The second-order valence-electron chi connectivity index (χ2n) is 9.55. The van der Waals surface area contributed by atoms with E-state index in [1.807, 2.05) is 121 Å². The zero-order valence-corrected chi connectivity index (χ0v) is 22.7. The lowest BCUT2D eigenvalue weighted by Gasteiger charge is -2.41. The summed E-state index contributed by atoms with van der Waals surface area (Å²) in [5, 5.41) is 0. The van der Waals surface area contributed by atoms with Crippen LogP contribution in [0.25, 0.3) is 0 Å². The van der Waals surface area contributed by atoms with Crippen LogP contribution in [0.5, 0.6) is 0 Å². The van der Waals surface area contributed by atoms with E-state index in [0.29, 0.717) is 32.8 Å². The van der Waals surface area contributed by atoms with E-state index in [4.69, 9.17) is 18.9 Å². The van der Waals surface area contributed by atoms with Gasteiger partial charge in [0.1, 0.15) is 17.6 Å². The van der Waals surface area contributed by atoms with Crippen LogP contribution in [0.1, 0.15) is 23.1 Å². The monoisotopic (exact) mass is 542 g/mol. The molecular formula is C33H34O5S. The van der Waals surface area contributed by atoms with Gasteiger partial charge in [-0.2, -0.15) is 0 Å². The molecule has 5 nitrogen and oxygen atoms in total. The Labute approximate surface area is 233 Å². The summed E-state index contributed by atoms with van der Waals surface area (Å²) in [5.41, 5.74) is 2.67. The molecule has 0 N–H and O–H groups in total. The van der Waals surface area contributed by atoms with Crippen LogP contribution in [0.4, 0.5) is 0 Å². The van der Waals surface area contributed by atoms with Crippen molar-refractivity contribution in [3.05, 3.63) is 138 Å². The first kappa shape index (κ1) is 27.4. The molecule has 39 heavy (non-hydrogen) atoms. The average molecular weight is 543 g/mol. The van der Waals surface area contributed by atoms with Crippen molar-refractivity contribution in [3.8, 4) is 0 Å². The lowest BCUT2D eigenvalue weighted by atomic mass is 10.0. The molecule has 0 aromatic heterocycles. The molecule has 0 amide bonds. The Morgan fingerprint density at radius 2 is 1.13 bits per heavy atom. The fourth-order valence-corrected chi connectivity index (χ4v) is 6.00. The minimum atomic E-state index is -1.37. The van der Waals surface area contributed by atoms with E-state index in [1.165, 1.54) is 0 Å². The highest BCUT2D eigenvalue weighted by Gasteiger charge is 2.43. The van der Waals surface area contributed by atoms with Crippen molar-refractivity contribution in [2.75, 3.05) is 6.61 Å². The SMILES string of the molecule is O=S(c1ccccc1)[C@@H]1C[C@H](OCc2ccccc2)[C@H](OCc2ccccc2)[C@@H](COCc2ccccc2)O1. The Morgan fingerprint density at radius 3 is 1.69 bits per heavy atom. The number of hydrogen-bond acceptors (Lipinski definition) is 5. The highest BCUT2D eigenvalue weighted by Crippen LogP contribution is 2.31. The number of ether oxygens (including phenoxy) is 4. The molecule has 0 spiro atoms. The molecule has 1 heterocycles. The van der Waals surface area contributed by atoms with E-state index in [2.05, 4.69) is 0 Å². The molecular weight excluding hydrogens is 508 g/mol. The normalized spacial score (nSPS) is 21.8. The fraction of sp³-hybridized carbons (Fsp3) is 0.273. The van der Waals surface area contributed by atoms with Crippen LogP contribution < -0.4 is 0 Å². The van der Waals surface area contributed by atoms with Gasteiger partial charge < -0.3 is 18.9 Å². The molecule has 1 fully saturated rings. The smallest absolute Gasteiger partial charge is 0.140 e. The van der Waals surface area contributed by atoms with E-state index >= 15 is 0 Å². The maximum absolute atomic E-state index is 13.6. The van der Waals surface area contributed by atoms with Gasteiger partial charge in [0.05, 0.1) is 43.3 Å². The lowest BCUT2D eigenvalue weighted by Crippen LogP contribution is -2.53. The van der Waals surface area contributed by atoms with Crippen LogP contribution in [-0.4, -0.2) is 34.6 Å². The average Bonchev–Trinajstić information content (AvgIpc) is 3.01. The van der Waals surface area contributed by atoms with Gasteiger partial charge in [-0.1, -0.05) is 109 Å². The quantitative estimate of drug-likeness (QED) is 0.210. The summed E-state index contributed by atoms with van der Waals surface area (Å²) in [6.45, 7) is 1.59. The summed E-state index contributed by atoms with van der Waals surface area (Å²) < 4.78 is 39.2. The van der Waals surface area contributed by atoms with E-state index in [0.717, 1.165) is 21.6 Å². The van der Waals surface area contributed by atoms with Crippen LogP contribution in [0.15, 0.2) is 126 Å². The van der Waals surface area contributed by atoms with Crippen LogP contribution in [0.2, 0.25) is 0 Å². The van der Waals surface area contributed by atoms with Crippen LogP contribution in [0, 0.1) is 0 Å². The van der Waals surface area contributed by atoms with E-state index in [9.17, 15) is 4.21 Å². The van der Waals surface area contributed by atoms with Crippen LogP contribution in [0.3, 0.4) is 0 Å². The standard InChI is InChI=1S/C33H34O5S/c34-39(29-19-11-4-12-20-29)32-21-30(36-23-27-15-7-2-8-16-27)33(37-24-28-17-9-3-10-18-28)31(38-32)25-35-22-26-13-5-1-6-14-26/h1-20,30-33H,21-25H2/t30-,31+,32+,33-,39?/m0/s1. The highest BCUT2D eigenvalue weighted by molar-refractivity contribution is 7.85. The Kier molecular flexibility index (Phi) is 10.1. The molecule has 202 valence electrons. The Balaban J connectivity index is 1.36. The maximum Gasteiger partial charge on any atom is 0.140 e. The molecule has 0 saturated carbocycles. The zero-order chi connectivity index (χ0) is 26.7. The van der Waals surface area contributed by atoms with Crippen molar-refractivity contribution < 1.29 is 23.2 Å². The molecule has 0 aliphatic carbocycles. The molecule has 1 aliphatic rings. The van der Waals surface area contributed by atoms with Crippen molar-refractivity contribution in [3.63, 3.8) is 0 Å². The zero-order valence-electron chi connectivity index (χ0n) is 21.8. The summed E-state index contributed by atoms with van der Waals surface area (Å²) in [5.74, 6) is 0. The van der Waals surface area contributed by atoms with Crippen molar-refractivity contribution in [2.24, 2.45) is 0 Å². The molecule has 4 aromatic carbocycles. The van der Waals surface area contributed by atoms with Crippen LogP contribution >= 0.6 is 0 Å². The molecule has 6 heteroatoms. The minimum absolute atomic E-state index is 0.294. The number of hydrogen-bond donors (Lipinski definition) is 0. The summed E-state index contributed by atoms with van der Waals surface area (Å²) in [6.07, 6.45) is -0.729. The van der Waals surface area contributed by atoms with Gasteiger partial charge in [-0.05, 0) is 28.8 Å². The second-order valence-corrected chi connectivity index (χ2v) is 11.1. The molecule has 5 rings (SSSR count). The number of rotatable bonds is 12. The van der Waals surface area contributed by atoms with Gasteiger partial charge in [0.15, 0.2) is 0 Å². The summed E-state index contributed by atoms with van der Waals surface area (Å²) in [7, 11) is -1.37. The molecule has 5 atom stereocenters. The van der Waals surface area contributed by atoms with Gasteiger partial charge in [-0.15, -0.1) is 0 Å². The van der Waals surface area contributed by atoms with Gasteiger partial charge >= 0.3 is 0 Å². The molecule has 1 saturated heterocycles. The summed E-state index contributed by atoms with van der Waals surface area (Å²) in [4.78, 5) is 0.733. The first-order chi connectivity index (χ1) is 19.3. The van der Waals surface area contributed by atoms with Gasteiger partial charge in [0, 0.05) is 11.3 Å². The third kappa shape index (κ3) is 7.94. The molecule has 0 radical (unpaired) electrons. The van der Waals surface area contributed by atoms with E-state index < -0.39 is 28.4 Å². The Bertz CT molecular complexity index is 1270. The summed E-state index contributed by atoms with van der Waals surface area (Å²) in [6, 6.07) is 39.6. The van der Waals surface area contributed by atoms with E-state index in [-0.39, 0.29) is 6.10 Å². The predicted octanol–water partition coefficient (Wildman–Crippen LogP) is 6.30. The molecule has 0 bridgehead atoms. The van der Waals surface area contributed by atoms with E-state index in [1.54, 1.807) is 0 Å². The Hall–Kier alpha value is -3.13. The van der Waals surface area contributed by atoms with Gasteiger partial charge in [-0.25, -0.2) is 0 Å². The topological polar surface area (TPSA) is 54.0 Å². The maximum atomic E-state index is 13.6. The third-order valence-electron chi connectivity index (χ3n) is 6.68. The van der Waals surface area contributed by atoms with Crippen molar-refractivity contribution in [1.29, 1.82) is 0 Å². The second kappa shape index (κ2) is 14.3. The van der Waals surface area contributed by atoms with Gasteiger partial charge in [-0.3, -0.25) is 4.21 Å². The summed E-state index contributed by atoms with van der Waals surface area (Å²) >= 11 is 0. The van der Waals surface area contributed by atoms with Crippen LogP contribution in [-0.2, 0) is 49.6 Å². The largest absolute Gasteiger partial charge is 0.374 e. The Morgan fingerprint density at radius 1 is 0.641 bits per heavy atom.